The van der Waals surface area contributed by atoms with Gasteiger partial charge in [0.25, 0.3) is 11.8 Å². The van der Waals surface area contributed by atoms with Crippen molar-refractivity contribution >= 4 is 29.2 Å². The molecule has 4 rings (SSSR count). The second-order valence-electron chi connectivity index (χ2n) is 10.0. The van der Waals surface area contributed by atoms with E-state index in [4.69, 9.17) is 0 Å². The fraction of sp³-hybridized carbons (Fsp3) is 0.300. The van der Waals surface area contributed by atoms with E-state index in [9.17, 15) is 37.2 Å². The van der Waals surface area contributed by atoms with Crippen molar-refractivity contribution in [1.29, 1.82) is 5.26 Å². The summed E-state index contributed by atoms with van der Waals surface area (Å²) in [5.41, 5.74) is -0.169. The number of alkyl halides is 2. The van der Waals surface area contributed by atoms with E-state index in [0.29, 0.717) is 6.07 Å². The molecule has 2 aromatic rings. The number of halogens is 4. The molecule has 8 nitrogen and oxygen atoms in total. The average molecular weight is 582 g/mol. The molecule has 1 N–H and O–H groups in total. The van der Waals surface area contributed by atoms with E-state index in [0.717, 1.165) is 21.9 Å². The van der Waals surface area contributed by atoms with Crippen LogP contribution < -0.4 is 15.1 Å². The van der Waals surface area contributed by atoms with Crippen LogP contribution in [0, 0.1) is 23.0 Å². The van der Waals surface area contributed by atoms with Gasteiger partial charge >= 0.3 is 0 Å². The van der Waals surface area contributed by atoms with Crippen LogP contribution in [-0.4, -0.2) is 46.8 Å². The van der Waals surface area contributed by atoms with Gasteiger partial charge in [-0.3, -0.25) is 24.2 Å². The monoisotopic (exact) mass is 581 g/mol. The second-order valence-corrected chi connectivity index (χ2v) is 10.0. The van der Waals surface area contributed by atoms with Crippen LogP contribution in [0.5, 0.6) is 0 Å². The van der Waals surface area contributed by atoms with Gasteiger partial charge in [-0.05, 0) is 43.2 Å². The number of hydrogen-bond acceptors (Lipinski definition) is 5. The summed E-state index contributed by atoms with van der Waals surface area (Å²) in [5, 5.41) is 11.8. The molecule has 0 radical (unpaired) electrons. The smallest absolute Gasteiger partial charge is 0.252 e. The van der Waals surface area contributed by atoms with Gasteiger partial charge in [0, 0.05) is 37.6 Å². The minimum Gasteiger partial charge on any atom is -0.351 e. The highest BCUT2D eigenvalue weighted by atomic mass is 19.3. The second kappa shape index (κ2) is 12.4. The lowest BCUT2D eigenvalue weighted by Gasteiger charge is -2.39. The standard InChI is InChI=1S/C30H27F4N5O3/c1-3-4-5-6-18(2)27(28(41)37-22-15-30(33,34)16-22)38(23-13-20(31)12-21(32)14-23)29(42)24-7-8-26(40)39(24)25-11-19(17-35)9-10-36-25/h3-6,9-14,22,24,27H,2,7-8,15-16H2,1H3,(H,37,41)/b4-3-,6-5-/t24-,27-/m0/s1. The number of anilines is 2. The number of nitriles is 1. The maximum atomic E-state index is 14.5. The molecule has 12 heteroatoms. The predicted molar refractivity (Wildman–Crippen MR) is 146 cm³/mol. The van der Waals surface area contributed by atoms with E-state index in [2.05, 4.69) is 16.9 Å². The molecule has 2 atom stereocenters. The van der Waals surface area contributed by atoms with Crippen LogP contribution in [0.1, 0.15) is 38.2 Å². The molecule has 1 aliphatic carbocycles. The summed E-state index contributed by atoms with van der Waals surface area (Å²) in [7, 11) is 0. The van der Waals surface area contributed by atoms with Gasteiger partial charge in [-0.2, -0.15) is 5.26 Å². The third kappa shape index (κ3) is 6.57. The van der Waals surface area contributed by atoms with Gasteiger partial charge in [0.1, 0.15) is 29.5 Å². The molecule has 2 aliphatic rings. The third-order valence-corrected chi connectivity index (χ3v) is 6.89. The van der Waals surface area contributed by atoms with Crippen LogP contribution in [0.4, 0.5) is 29.1 Å². The Hall–Kier alpha value is -4.79. The van der Waals surface area contributed by atoms with Crippen molar-refractivity contribution < 1.29 is 31.9 Å². The molecule has 42 heavy (non-hydrogen) atoms. The highest BCUT2D eigenvalue weighted by Crippen LogP contribution is 2.38. The van der Waals surface area contributed by atoms with Gasteiger partial charge in [-0.1, -0.05) is 30.9 Å². The van der Waals surface area contributed by atoms with Gasteiger partial charge in [0.2, 0.25) is 11.8 Å². The molecule has 3 amide bonds. The molecule has 0 bridgehead atoms. The minimum absolute atomic E-state index is 0.00443. The number of amides is 3. The highest BCUT2D eigenvalue weighted by Gasteiger charge is 2.48. The number of hydrogen-bond donors (Lipinski definition) is 1. The van der Waals surface area contributed by atoms with Crippen molar-refractivity contribution in [2.45, 2.75) is 56.7 Å². The maximum Gasteiger partial charge on any atom is 0.252 e. The summed E-state index contributed by atoms with van der Waals surface area (Å²) >= 11 is 0. The van der Waals surface area contributed by atoms with E-state index >= 15 is 0 Å². The number of pyridine rings is 1. The minimum atomic E-state index is -2.95. The zero-order chi connectivity index (χ0) is 30.6. The topological polar surface area (TPSA) is 106 Å². The molecule has 0 spiro atoms. The first kappa shape index (κ1) is 30.2. The molecule has 1 saturated heterocycles. The van der Waals surface area contributed by atoms with Gasteiger partial charge in [-0.25, -0.2) is 22.5 Å². The zero-order valence-electron chi connectivity index (χ0n) is 22.6. The molecular formula is C30H27F4N5O3. The Morgan fingerprint density at radius 3 is 2.52 bits per heavy atom. The first-order valence-electron chi connectivity index (χ1n) is 13.1. The Bertz CT molecular complexity index is 1490. The summed E-state index contributed by atoms with van der Waals surface area (Å²) < 4.78 is 56.0. The van der Waals surface area contributed by atoms with Crippen LogP contribution >= 0.6 is 0 Å². The SMILES string of the molecule is C=C(/C=C\C=C/C)[C@@H](C(=O)NC1CC(F)(F)C1)N(C(=O)[C@@H]1CCC(=O)N1c1cc(C#N)ccn1)c1cc(F)cc(F)c1. The Kier molecular flexibility index (Phi) is 8.90. The zero-order valence-corrected chi connectivity index (χ0v) is 22.6. The van der Waals surface area contributed by atoms with Crippen molar-refractivity contribution in [3.8, 4) is 6.07 Å². The van der Waals surface area contributed by atoms with Crippen molar-refractivity contribution in [3.63, 3.8) is 0 Å². The molecular weight excluding hydrogens is 554 g/mol. The first-order chi connectivity index (χ1) is 19.9. The van der Waals surface area contributed by atoms with E-state index in [1.807, 2.05) is 6.07 Å². The number of allylic oxidation sites excluding steroid dienone is 3. The number of nitrogens with zero attached hydrogens (tertiary/aromatic N) is 4. The lowest BCUT2D eigenvalue weighted by atomic mass is 9.87. The van der Waals surface area contributed by atoms with Crippen LogP contribution in [0.25, 0.3) is 0 Å². The largest absolute Gasteiger partial charge is 0.351 e. The molecule has 1 aromatic carbocycles. The van der Waals surface area contributed by atoms with Crippen LogP contribution in [-0.2, 0) is 14.4 Å². The normalized spacial score (nSPS) is 19.0. The van der Waals surface area contributed by atoms with E-state index in [1.165, 1.54) is 30.5 Å². The number of carbonyl (C=O) groups excluding carboxylic acids is 3. The number of nitrogens with one attached hydrogen (secondary N) is 1. The highest BCUT2D eigenvalue weighted by molar-refractivity contribution is 6.11. The van der Waals surface area contributed by atoms with Crippen molar-refractivity contribution in [2.24, 2.45) is 0 Å². The van der Waals surface area contributed by atoms with Crippen molar-refractivity contribution in [3.05, 3.63) is 90.2 Å². The summed E-state index contributed by atoms with van der Waals surface area (Å²) in [6.07, 6.45) is 6.19. The van der Waals surface area contributed by atoms with Crippen LogP contribution in [0.2, 0.25) is 0 Å². The number of carbonyl (C=O) groups is 3. The van der Waals surface area contributed by atoms with Crippen LogP contribution in [0.3, 0.4) is 0 Å². The molecule has 2 heterocycles. The molecule has 0 unspecified atom stereocenters. The third-order valence-electron chi connectivity index (χ3n) is 6.89. The Morgan fingerprint density at radius 1 is 1.21 bits per heavy atom. The fourth-order valence-electron chi connectivity index (χ4n) is 4.94. The Morgan fingerprint density at radius 2 is 1.90 bits per heavy atom. The summed E-state index contributed by atoms with van der Waals surface area (Å²) in [4.78, 5) is 46.9. The van der Waals surface area contributed by atoms with Crippen LogP contribution in [0.15, 0.2) is 73.0 Å². The average Bonchev–Trinajstić information content (AvgIpc) is 3.30. The quantitative estimate of drug-likeness (QED) is 0.341. The Labute approximate surface area is 239 Å². The summed E-state index contributed by atoms with van der Waals surface area (Å²) in [6, 6.07) is 3.12. The number of benzene rings is 1. The predicted octanol–water partition coefficient (Wildman–Crippen LogP) is 4.73. The van der Waals surface area contributed by atoms with Crippen molar-refractivity contribution in [1.82, 2.24) is 10.3 Å². The Balaban J connectivity index is 1.81. The molecule has 2 fully saturated rings. The summed E-state index contributed by atoms with van der Waals surface area (Å²) in [6.45, 7) is 5.64. The van der Waals surface area contributed by atoms with Crippen molar-refractivity contribution in [2.75, 3.05) is 9.80 Å². The molecule has 218 valence electrons. The van der Waals surface area contributed by atoms with Gasteiger partial charge in [-0.15, -0.1) is 0 Å². The lowest BCUT2D eigenvalue weighted by Crippen LogP contribution is -2.59. The van der Waals surface area contributed by atoms with Gasteiger partial charge in [0.05, 0.1) is 17.3 Å². The lowest BCUT2D eigenvalue weighted by molar-refractivity contribution is -0.132. The first-order valence-corrected chi connectivity index (χ1v) is 13.1. The van der Waals surface area contributed by atoms with E-state index in [1.54, 1.807) is 19.1 Å². The van der Waals surface area contributed by atoms with E-state index in [-0.39, 0.29) is 35.5 Å². The molecule has 1 aromatic heterocycles. The maximum absolute atomic E-state index is 14.5. The fourth-order valence-corrected chi connectivity index (χ4v) is 4.94. The van der Waals surface area contributed by atoms with Gasteiger partial charge < -0.3 is 5.32 Å². The number of aromatic nitrogens is 1. The van der Waals surface area contributed by atoms with Gasteiger partial charge in [0.15, 0.2) is 0 Å². The molecule has 1 aliphatic heterocycles. The number of rotatable bonds is 9. The van der Waals surface area contributed by atoms with E-state index < -0.39 is 66.2 Å². The summed E-state index contributed by atoms with van der Waals surface area (Å²) in [5.74, 6) is -7.32. The molecule has 1 saturated carbocycles.